The Hall–Kier alpha value is -3.50. The molecule has 0 fully saturated rings. The normalized spacial score (nSPS) is 12.1. The fraction of sp³-hybridized carbons (Fsp3) is 0.115. The third kappa shape index (κ3) is 6.19. The molecule has 184 valence electrons. The maximum Gasteiger partial charge on any atom is 0.418 e. The summed E-state index contributed by atoms with van der Waals surface area (Å²) in [4.78, 5) is 16.8. The SMILES string of the molecule is C[C@H](NC(=S)Nc1ccc(NC(=O)c2cc3ccccc3cn2)c(C(F)(F)F)c1)c1ccc(Br)cc1. The van der Waals surface area contributed by atoms with Gasteiger partial charge in [-0.2, -0.15) is 13.2 Å². The molecule has 4 rings (SSSR count). The second-order valence-corrected chi connectivity index (χ2v) is 9.32. The van der Waals surface area contributed by atoms with Gasteiger partial charge in [-0.1, -0.05) is 52.3 Å². The van der Waals surface area contributed by atoms with Gasteiger partial charge < -0.3 is 16.0 Å². The van der Waals surface area contributed by atoms with E-state index in [0.29, 0.717) is 0 Å². The van der Waals surface area contributed by atoms with Gasteiger partial charge in [0.05, 0.1) is 17.3 Å². The molecule has 10 heteroatoms. The summed E-state index contributed by atoms with van der Waals surface area (Å²) in [5.74, 6) is -0.743. The minimum absolute atomic E-state index is 0.0105. The zero-order chi connectivity index (χ0) is 25.9. The summed E-state index contributed by atoms with van der Waals surface area (Å²) in [6.07, 6.45) is -3.21. The monoisotopic (exact) mass is 572 g/mol. The van der Waals surface area contributed by atoms with Gasteiger partial charge in [-0.05, 0) is 66.5 Å². The number of amides is 1. The molecule has 0 aliphatic carbocycles. The number of halogens is 4. The Morgan fingerprint density at radius 1 is 0.972 bits per heavy atom. The quantitative estimate of drug-likeness (QED) is 0.219. The van der Waals surface area contributed by atoms with Crippen molar-refractivity contribution in [3.63, 3.8) is 0 Å². The summed E-state index contributed by atoms with van der Waals surface area (Å²) in [5.41, 5.74) is -0.291. The van der Waals surface area contributed by atoms with E-state index in [9.17, 15) is 18.0 Å². The third-order valence-corrected chi connectivity index (χ3v) is 6.16. The minimum atomic E-state index is -4.71. The van der Waals surface area contributed by atoms with Crippen LogP contribution in [0.4, 0.5) is 24.5 Å². The van der Waals surface area contributed by atoms with Crippen LogP contribution in [-0.4, -0.2) is 16.0 Å². The van der Waals surface area contributed by atoms with Gasteiger partial charge in [0.15, 0.2) is 5.11 Å². The van der Waals surface area contributed by atoms with E-state index in [1.165, 1.54) is 24.4 Å². The van der Waals surface area contributed by atoms with Gasteiger partial charge in [0.1, 0.15) is 5.69 Å². The zero-order valence-corrected chi connectivity index (χ0v) is 21.3. The van der Waals surface area contributed by atoms with Crippen LogP contribution in [0.5, 0.6) is 0 Å². The fourth-order valence-corrected chi connectivity index (χ4v) is 4.12. The summed E-state index contributed by atoms with van der Waals surface area (Å²) in [6, 6.07) is 19.7. The number of nitrogens with one attached hydrogen (secondary N) is 3. The number of aromatic nitrogens is 1. The van der Waals surface area contributed by atoms with Crippen molar-refractivity contribution in [1.82, 2.24) is 10.3 Å². The number of thiocarbonyl (C=S) groups is 1. The van der Waals surface area contributed by atoms with Gasteiger partial charge >= 0.3 is 6.18 Å². The van der Waals surface area contributed by atoms with Gasteiger partial charge in [0.25, 0.3) is 5.91 Å². The first-order valence-corrected chi connectivity index (χ1v) is 12.0. The molecule has 1 amide bonds. The lowest BCUT2D eigenvalue weighted by Gasteiger charge is -2.19. The van der Waals surface area contributed by atoms with Gasteiger partial charge in [-0.15, -0.1) is 0 Å². The van der Waals surface area contributed by atoms with Crippen molar-refractivity contribution in [1.29, 1.82) is 0 Å². The molecular weight excluding hydrogens is 553 g/mol. The lowest BCUT2D eigenvalue weighted by Crippen LogP contribution is -2.31. The second-order valence-electron chi connectivity index (χ2n) is 8.00. The van der Waals surface area contributed by atoms with Crippen molar-refractivity contribution in [3.05, 3.63) is 100 Å². The van der Waals surface area contributed by atoms with Crippen LogP contribution in [0.25, 0.3) is 10.8 Å². The Balaban J connectivity index is 1.50. The first-order valence-electron chi connectivity index (χ1n) is 10.8. The molecule has 0 aliphatic rings. The zero-order valence-electron chi connectivity index (χ0n) is 18.9. The number of nitrogens with zero attached hydrogens (tertiary/aromatic N) is 1. The van der Waals surface area contributed by atoms with Crippen molar-refractivity contribution < 1.29 is 18.0 Å². The molecule has 3 aromatic carbocycles. The highest BCUT2D eigenvalue weighted by atomic mass is 79.9. The molecule has 0 aliphatic heterocycles. The number of alkyl halides is 3. The molecule has 0 saturated heterocycles. The van der Waals surface area contributed by atoms with Crippen LogP contribution in [0.1, 0.15) is 34.6 Å². The highest BCUT2D eigenvalue weighted by Gasteiger charge is 2.34. The van der Waals surface area contributed by atoms with Crippen molar-refractivity contribution in [2.45, 2.75) is 19.1 Å². The Morgan fingerprint density at radius 2 is 1.67 bits per heavy atom. The van der Waals surface area contributed by atoms with Crippen LogP contribution in [0.2, 0.25) is 0 Å². The summed E-state index contributed by atoms with van der Waals surface area (Å²) < 4.78 is 42.5. The number of rotatable bonds is 5. The Bertz CT molecular complexity index is 1430. The van der Waals surface area contributed by atoms with E-state index in [2.05, 4.69) is 36.9 Å². The first-order chi connectivity index (χ1) is 17.1. The molecule has 0 saturated carbocycles. The number of pyridine rings is 1. The molecule has 3 N–H and O–H groups in total. The number of carbonyl (C=O) groups excluding carboxylic acids is 1. The van der Waals surface area contributed by atoms with E-state index in [1.54, 1.807) is 12.1 Å². The van der Waals surface area contributed by atoms with Crippen molar-refractivity contribution >= 4 is 61.3 Å². The van der Waals surface area contributed by atoms with Crippen LogP contribution in [-0.2, 0) is 6.18 Å². The standard InChI is InChI=1S/C26H20BrF3N4OS/c1-15(16-6-8-19(27)9-7-16)32-25(36)33-20-10-11-22(21(13-20)26(28,29)30)34-24(35)23-12-17-4-2-3-5-18(17)14-31-23/h2-15H,1H3,(H,34,35)(H2,32,33,36)/t15-/m0/s1. The predicted octanol–water partition coefficient (Wildman–Crippen LogP) is 7.32. The lowest BCUT2D eigenvalue weighted by molar-refractivity contribution is -0.136. The second kappa shape index (κ2) is 10.6. The average Bonchev–Trinajstić information content (AvgIpc) is 2.84. The maximum atomic E-state index is 13.8. The molecule has 0 unspecified atom stereocenters. The summed E-state index contributed by atoms with van der Waals surface area (Å²) in [7, 11) is 0. The fourth-order valence-electron chi connectivity index (χ4n) is 3.56. The van der Waals surface area contributed by atoms with Crippen LogP contribution < -0.4 is 16.0 Å². The molecule has 5 nitrogen and oxygen atoms in total. The van der Waals surface area contributed by atoms with E-state index in [4.69, 9.17) is 12.2 Å². The Kier molecular flexibility index (Phi) is 7.56. The van der Waals surface area contributed by atoms with Crippen LogP contribution >= 0.6 is 28.1 Å². The molecule has 1 heterocycles. The van der Waals surface area contributed by atoms with Crippen molar-refractivity contribution in [3.8, 4) is 0 Å². The Morgan fingerprint density at radius 3 is 2.36 bits per heavy atom. The van der Waals surface area contributed by atoms with E-state index in [-0.39, 0.29) is 28.2 Å². The molecule has 0 spiro atoms. The summed E-state index contributed by atoms with van der Waals surface area (Å²) >= 11 is 8.66. The van der Waals surface area contributed by atoms with Crippen LogP contribution in [0.3, 0.4) is 0 Å². The largest absolute Gasteiger partial charge is 0.418 e. The number of hydrogen-bond donors (Lipinski definition) is 3. The number of anilines is 2. The number of benzene rings is 3. The first kappa shape index (κ1) is 25.6. The highest BCUT2D eigenvalue weighted by molar-refractivity contribution is 9.10. The molecule has 36 heavy (non-hydrogen) atoms. The smallest absolute Gasteiger partial charge is 0.356 e. The van der Waals surface area contributed by atoms with Gasteiger partial charge in [0.2, 0.25) is 0 Å². The summed E-state index contributed by atoms with van der Waals surface area (Å²) in [5, 5.41) is 9.91. The average molecular weight is 573 g/mol. The molecule has 0 radical (unpaired) electrons. The molecule has 1 aromatic heterocycles. The minimum Gasteiger partial charge on any atom is -0.356 e. The van der Waals surface area contributed by atoms with Gasteiger partial charge in [-0.3, -0.25) is 9.78 Å². The van der Waals surface area contributed by atoms with Crippen molar-refractivity contribution in [2.24, 2.45) is 0 Å². The molecular formula is C26H20BrF3N4OS. The van der Waals surface area contributed by atoms with Crippen molar-refractivity contribution in [2.75, 3.05) is 10.6 Å². The number of fused-ring (bicyclic) bond motifs is 1. The lowest BCUT2D eigenvalue weighted by atomic mass is 10.1. The number of hydrogen-bond acceptors (Lipinski definition) is 3. The highest BCUT2D eigenvalue weighted by Crippen LogP contribution is 2.37. The molecule has 1 atom stereocenters. The Labute approximate surface area is 219 Å². The van der Waals surface area contributed by atoms with Gasteiger partial charge in [0, 0.05) is 21.7 Å². The van der Waals surface area contributed by atoms with E-state index in [0.717, 1.165) is 26.9 Å². The van der Waals surface area contributed by atoms with Gasteiger partial charge in [-0.25, -0.2) is 0 Å². The molecule has 0 bridgehead atoms. The van der Waals surface area contributed by atoms with E-state index < -0.39 is 17.6 Å². The van der Waals surface area contributed by atoms with E-state index in [1.807, 2.05) is 43.3 Å². The van der Waals surface area contributed by atoms with E-state index >= 15 is 0 Å². The maximum absolute atomic E-state index is 13.8. The van der Waals surface area contributed by atoms with Crippen LogP contribution in [0.15, 0.2) is 83.5 Å². The predicted molar refractivity (Wildman–Crippen MR) is 143 cm³/mol. The summed E-state index contributed by atoms with van der Waals surface area (Å²) in [6.45, 7) is 1.89. The third-order valence-electron chi connectivity index (χ3n) is 5.41. The molecule has 4 aromatic rings. The van der Waals surface area contributed by atoms with Crippen LogP contribution in [0, 0.1) is 0 Å². The topological polar surface area (TPSA) is 66.0 Å². The number of carbonyl (C=O) groups is 1.